The third-order valence-electron chi connectivity index (χ3n) is 5.76. The van der Waals surface area contributed by atoms with Crippen molar-refractivity contribution in [1.82, 2.24) is 9.80 Å². The zero-order valence-corrected chi connectivity index (χ0v) is 15.3. The van der Waals surface area contributed by atoms with Gasteiger partial charge < -0.3 is 9.64 Å². The van der Waals surface area contributed by atoms with Gasteiger partial charge in [0.2, 0.25) is 0 Å². The molecule has 0 radical (unpaired) electrons. The molecule has 1 aliphatic heterocycles. The van der Waals surface area contributed by atoms with Crippen molar-refractivity contribution in [2.75, 3.05) is 33.3 Å². The molecule has 0 N–H and O–H groups in total. The Morgan fingerprint density at radius 3 is 2.29 bits per heavy atom. The van der Waals surface area contributed by atoms with Crippen molar-refractivity contribution in [3.63, 3.8) is 0 Å². The SMILES string of the molecule is CO[C@H]1CC[C@H](CCCN2CCN(C(C)C)[C@H](C(F)(F)F)C2)CC1. The number of hydrogen-bond donors (Lipinski definition) is 0. The van der Waals surface area contributed by atoms with Crippen molar-refractivity contribution >= 4 is 0 Å². The second kappa shape index (κ2) is 8.86. The van der Waals surface area contributed by atoms with Gasteiger partial charge in [0.25, 0.3) is 0 Å². The monoisotopic (exact) mass is 350 g/mol. The van der Waals surface area contributed by atoms with Gasteiger partial charge in [-0.15, -0.1) is 0 Å². The molecule has 2 aliphatic rings. The van der Waals surface area contributed by atoms with Gasteiger partial charge in [0, 0.05) is 32.8 Å². The summed E-state index contributed by atoms with van der Waals surface area (Å²) in [6.45, 7) is 5.89. The minimum absolute atomic E-state index is 0.0604. The standard InChI is InChI=1S/C18H33F3N2O/c1-14(2)23-12-11-22(13-17(23)18(19,20)21)10-4-5-15-6-8-16(24-3)9-7-15/h14-17H,4-13H2,1-3H3/t15-,16-,17-/m0/s1. The second-order valence-corrected chi connectivity index (χ2v) is 7.71. The normalized spacial score (nSPS) is 30.9. The lowest BCUT2D eigenvalue weighted by Gasteiger charge is -2.44. The van der Waals surface area contributed by atoms with Crippen LogP contribution in [-0.4, -0.2) is 67.5 Å². The fourth-order valence-electron chi connectivity index (χ4n) is 4.23. The van der Waals surface area contributed by atoms with Crippen LogP contribution in [0.2, 0.25) is 0 Å². The molecule has 0 aromatic rings. The molecule has 1 atom stereocenters. The Morgan fingerprint density at radius 1 is 1.08 bits per heavy atom. The van der Waals surface area contributed by atoms with Gasteiger partial charge >= 0.3 is 6.18 Å². The van der Waals surface area contributed by atoms with Crippen LogP contribution in [0.3, 0.4) is 0 Å². The quantitative estimate of drug-likeness (QED) is 0.722. The molecule has 0 spiro atoms. The molecule has 0 unspecified atom stereocenters. The molecule has 0 amide bonds. The maximum atomic E-state index is 13.3. The molecule has 1 aliphatic carbocycles. The van der Waals surface area contributed by atoms with E-state index < -0.39 is 12.2 Å². The summed E-state index contributed by atoms with van der Waals surface area (Å²) in [5.74, 6) is 0.728. The van der Waals surface area contributed by atoms with Crippen LogP contribution in [-0.2, 0) is 4.74 Å². The third-order valence-corrected chi connectivity index (χ3v) is 5.76. The first kappa shape index (κ1) is 20.0. The highest BCUT2D eigenvalue weighted by molar-refractivity contribution is 4.89. The first-order chi connectivity index (χ1) is 11.3. The van der Waals surface area contributed by atoms with Crippen LogP contribution in [0, 0.1) is 5.92 Å². The first-order valence-corrected chi connectivity index (χ1v) is 9.39. The molecule has 1 heterocycles. The van der Waals surface area contributed by atoms with Crippen molar-refractivity contribution < 1.29 is 17.9 Å². The van der Waals surface area contributed by atoms with Gasteiger partial charge in [-0.1, -0.05) is 0 Å². The average molecular weight is 350 g/mol. The zero-order valence-electron chi connectivity index (χ0n) is 15.3. The Bertz CT molecular complexity index is 368. The lowest BCUT2D eigenvalue weighted by molar-refractivity contribution is -0.202. The van der Waals surface area contributed by atoms with E-state index in [1.807, 2.05) is 18.7 Å². The van der Waals surface area contributed by atoms with E-state index >= 15 is 0 Å². The van der Waals surface area contributed by atoms with Crippen LogP contribution < -0.4 is 0 Å². The number of hydrogen-bond acceptors (Lipinski definition) is 3. The molecule has 6 heteroatoms. The van der Waals surface area contributed by atoms with Gasteiger partial charge in [-0.25, -0.2) is 0 Å². The summed E-state index contributed by atoms with van der Waals surface area (Å²) in [6.07, 6.45) is 3.08. The number of methoxy groups -OCH3 is 1. The number of ether oxygens (including phenoxy) is 1. The number of alkyl halides is 3. The molecule has 0 aromatic heterocycles. The summed E-state index contributed by atoms with van der Waals surface area (Å²) >= 11 is 0. The zero-order chi connectivity index (χ0) is 17.7. The smallest absolute Gasteiger partial charge is 0.381 e. The number of piperazine rings is 1. The van der Waals surface area contributed by atoms with Crippen molar-refractivity contribution in [2.45, 2.75) is 76.7 Å². The predicted octanol–water partition coefficient (Wildman–Crippen LogP) is 3.93. The Labute approximate surface area is 144 Å². The molecule has 1 saturated carbocycles. The molecule has 1 saturated heterocycles. The fraction of sp³-hybridized carbons (Fsp3) is 1.00. The summed E-state index contributed by atoms with van der Waals surface area (Å²) < 4.78 is 45.4. The van der Waals surface area contributed by atoms with E-state index in [9.17, 15) is 13.2 Å². The van der Waals surface area contributed by atoms with Crippen LogP contribution in [0.25, 0.3) is 0 Å². The summed E-state index contributed by atoms with van der Waals surface area (Å²) in [6, 6.07) is -1.38. The van der Waals surface area contributed by atoms with E-state index in [0.717, 1.165) is 44.7 Å². The van der Waals surface area contributed by atoms with E-state index in [1.54, 1.807) is 12.0 Å². The summed E-state index contributed by atoms with van der Waals surface area (Å²) in [5.41, 5.74) is 0. The van der Waals surface area contributed by atoms with Gasteiger partial charge in [-0.2, -0.15) is 13.2 Å². The molecule has 2 fully saturated rings. The summed E-state index contributed by atoms with van der Waals surface area (Å²) in [7, 11) is 1.78. The predicted molar refractivity (Wildman–Crippen MR) is 90.1 cm³/mol. The highest BCUT2D eigenvalue weighted by Gasteiger charge is 2.46. The van der Waals surface area contributed by atoms with E-state index in [4.69, 9.17) is 4.74 Å². The van der Waals surface area contributed by atoms with Gasteiger partial charge in [-0.05, 0) is 64.8 Å². The average Bonchev–Trinajstić information content (AvgIpc) is 2.54. The van der Waals surface area contributed by atoms with E-state index in [0.29, 0.717) is 12.6 Å². The Balaban J connectivity index is 1.74. The van der Waals surface area contributed by atoms with Gasteiger partial charge in [0.1, 0.15) is 6.04 Å². The fourth-order valence-corrected chi connectivity index (χ4v) is 4.23. The van der Waals surface area contributed by atoms with Gasteiger partial charge in [0.05, 0.1) is 6.10 Å². The third kappa shape index (κ3) is 5.60. The second-order valence-electron chi connectivity index (χ2n) is 7.71. The molecule has 0 aromatic carbocycles. The molecule has 24 heavy (non-hydrogen) atoms. The van der Waals surface area contributed by atoms with Gasteiger partial charge in [-0.3, -0.25) is 4.90 Å². The van der Waals surface area contributed by atoms with Crippen LogP contribution in [0.15, 0.2) is 0 Å². The number of halogens is 3. The van der Waals surface area contributed by atoms with E-state index in [1.165, 1.54) is 12.8 Å². The van der Waals surface area contributed by atoms with Crippen LogP contribution in [0.4, 0.5) is 13.2 Å². The number of nitrogens with zero attached hydrogens (tertiary/aromatic N) is 2. The minimum atomic E-state index is -4.14. The highest BCUT2D eigenvalue weighted by atomic mass is 19.4. The Kier molecular flexibility index (Phi) is 7.38. The summed E-state index contributed by atoms with van der Waals surface area (Å²) in [4.78, 5) is 3.61. The van der Waals surface area contributed by atoms with Gasteiger partial charge in [0.15, 0.2) is 0 Å². The first-order valence-electron chi connectivity index (χ1n) is 9.39. The lowest BCUT2D eigenvalue weighted by Crippen LogP contribution is -2.60. The molecule has 2 rings (SSSR count). The van der Waals surface area contributed by atoms with E-state index in [2.05, 4.69) is 0 Å². The van der Waals surface area contributed by atoms with Crippen LogP contribution >= 0.6 is 0 Å². The van der Waals surface area contributed by atoms with Crippen molar-refractivity contribution in [3.8, 4) is 0 Å². The molecular weight excluding hydrogens is 317 g/mol. The molecule has 3 nitrogen and oxygen atoms in total. The highest BCUT2D eigenvalue weighted by Crippen LogP contribution is 2.31. The van der Waals surface area contributed by atoms with Crippen molar-refractivity contribution in [2.24, 2.45) is 5.92 Å². The topological polar surface area (TPSA) is 15.7 Å². The molecule has 142 valence electrons. The molecule has 0 bridgehead atoms. The minimum Gasteiger partial charge on any atom is -0.381 e. The Hall–Kier alpha value is -0.330. The van der Waals surface area contributed by atoms with E-state index in [-0.39, 0.29) is 12.6 Å². The largest absolute Gasteiger partial charge is 0.405 e. The van der Waals surface area contributed by atoms with Crippen LogP contribution in [0.1, 0.15) is 52.4 Å². The number of rotatable bonds is 6. The van der Waals surface area contributed by atoms with Crippen molar-refractivity contribution in [3.05, 3.63) is 0 Å². The van der Waals surface area contributed by atoms with Crippen LogP contribution in [0.5, 0.6) is 0 Å². The maximum Gasteiger partial charge on any atom is 0.405 e. The van der Waals surface area contributed by atoms with Crippen molar-refractivity contribution in [1.29, 1.82) is 0 Å². The molecular formula is C18H33F3N2O. The lowest BCUT2D eigenvalue weighted by atomic mass is 9.84. The summed E-state index contributed by atoms with van der Waals surface area (Å²) in [5, 5.41) is 0. The Morgan fingerprint density at radius 2 is 1.75 bits per heavy atom. The maximum absolute atomic E-state index is 13.3.